The Kier molecular flexibility index (Phi) is 3.05. The van der Waals surface area contributed by atoms with Crippen LogP contribution in [0.15, 0.2) is 6.20 Å². The summed E-state index contributed by atoms with van der Waals surface area (Å²) >= 11 is 3.23. The van der Waals surface area contributed by atoms with Gasteiger partial charge in [-0.3, -0.25) is 10.1 Å². The Morgan fingerprint density at radius 3 is 3.21 bits per heavy atom. The summed E-state index contributed by atoms with van der Waals surface area (Å²) in [6.07, 6.45) is 1.76. The van der Waals surface area contributed by atoms with E-state index in [1.807, 2.05) is 6.92 Å². The maximum Gasteiger partial charge on any atom is 0.244 e. The Morgan fingerprint density at radius 2 is 2.64 bits per heavy atom. The van der Waals surface area contributed by atoms with Crippen LogP contribution in [0.5, 0.6) is 0 Å². The number of carbonyl (C=O) groups is 1. The highest BCUT2D eigenvalue weighted by atomic mass is 32.2. The summed E-state index contributed by atoms with van der Waals surface area (Å²) in [7, 11) is 0. The maximum atomic E-state index is 11.6. The van der Waals surface area contributed by atoms with Gasteiger partial charge in [0.1, 0.15) is 0 Å². The van der Waals surface area contributed by atoms with E-state index in [4.69, 9.17) is 0 Å². The van der Waals surface area contributed by atoms with Crippen molar-refractivity contribution in [3.05, 3.63) is 11.1 Å². The molecule has 2 rings (SSSR count). The van der Waals surface area contributed by atoms with Crippen molar-refractivity contribution < 1.29 is 4.79 Å². The third kappa shape index (κ3) is 2.26. The lowest BCUT2D eigenvalue weighted by Crippen LogP contribution is -2.37. The second kappa shape index (κ2) is 4.29. The Balaban J connectivity index is 1.93. The van der Waals surface area contributed by atoms with E-state index in [2.05, 4.69) is 15.6 Å². The van der Waals surface area contributed by atoms with E-state index in [1.165, 1.54) is 11.3 Å². The Bertz CT molecular complexity index is 333. The number of thioether (sulfide) groups is 1. The third-order valence-corrected chi connectivity index (χ3v) is 3.65. The van der Waals surface area contributed by atoms with Gasteiger partial charge in [-0.1, -0.05) is 0 Å². The first-order valence-corrected chi connectivity index (χ1v) is 6.27. The molecule has 14 heavy (non-hydrogen) atoms. The number of hydrogen-bond donors (Lipinski definition) is 2. The minimum Gasteiger partial charge on any atom is -0.301 e. The minimum absolute atomic E-state index is 0.0179. The SMILES string of the molecule is Cc1cnc(NC(=O)[C@@H]2CSCN2)s1. The van der Waals surface area contributed by atoms with Crippen molar-refractivity contribution in [1.29, 1.82) is 0 Å². The predicted molar refractivity (Wildman–Crippen MR) is 59.7 cm³/mol. The first-order valence-electron chi connectivity index (χ1n) is 4.30. The van der Waals surface area contributed by atoms with Crippen LogP contribution in [0.25, 0.3) is 0 Å². The smallest absolute Gasteiger partial charge is 0.244 e. The normalized spacial score (nSPS) is 21.1. The van der Waals surface area contributed by atoms with Crippen LogP contribution in [0, 0.1) is 6.92 Å². The molecule has 2 N–H and O–H groups in total. The molecule has 1 aliphatic heterocycles. The molecule has 1 saturated heterocycles. The molecule has 1 aliphatic rings. The molecule has 0 aliphatic carbocycles. The summed E-state index contributed by atoms with van der Waals surface area (Å²) in [5, 5.41) is 6.59. The number of aryl methyl sites for hydroxylation is 1. The van der Waals surface area contributed by atoms with E-state index in [1.54, 1.807) is 18.0 Å². The molecule has 4 nitrogen and oxygen atoms in total. The number of rotatable bonds is 2. The Labute approximate surface area is 90.5 Å². The number of amides is 1. The first kappa shape index (κ1) is 9.95. The van der Waals surface area contributed by atoms with Gasteiger partial charge in [0, 0.05) is 22.7 Å². The molecule has 76 valence electrons. The molecule has 1 aromatic rings. The average Bonchev–Trinajstić information content (AvgIpc) is 2.75. The van der Waals surface area contributed by atoms with Crippen LogP contribution in [-0.2, 0) is 4.79 Å². The van der Waals surface area contributed by atoms with Gasteiger partial charge in [-0.05, 0) is 6.92 Å². The van der Waals surface area contributed by atoms with Crippen molar-refractivity contribution >= 4 is 34.1 Å². The molecule has 0 radical (unpaired) electrons. The molecule has 1 atom stereocenters. The van der Waals surface area contributed by atoms with Crippen LogP contribution in [0.3, 0.4) is 0 Å². The quantitative estimate of drug-likeness (QED) is 0.796. The summed E-state index contributed by atoms with van der Waals surface area (Å²) in [4.78, 5) is 16.8. The van der Waals surface area contributed by atoms with Crippen LogP contribution in [0.4, 0.5) is 5.13 Å². The van der Waals surface area contributed by atoms with Crippen molar-refractivity contribution in [2.24, 2.45) is 0 Å². The van der Waals surface area contributed by atoms with E-state index in [-0.39, 0.29) is 11.9 Å². The number of nitrogens with one attached hydrogen (secondary N) is 2. The fourth-order valence-electron chi connectivity index (χ4n) is 1.17. The molecule has 0 saturated carbocycles. The van der Waals surface area contributed by atoms with Crippen LogP contribution in [0.1, 0.15) is 4.88 Å². The Morgan fingerprint density at radius 1 is 1.79 bits per heavy atom. The molecule has 0 aromatic carbocycles. The van der Waals surface area contributed by atoms with Crippen molar-refractivity contribution in [1.82, 2.24) is 10.3 Å². The second-order valence-electron chi connectivity index (χ2n) is 3.04. The van der Waals surface area contributed by atoms with E-state index >= 15 is 0 Å². The second-order valence-corrected chi connectivity index (χ2v) is 5.30. The molecule has 0 bridgehead atoms. The fourth-order valence-corrected chi connectivity index (χ4v) is 2.78. The molecule has 6 heteroatoms. The van der Waals surface area contributed by atoms with Gasteiger partial charge in [0.2, 0.25) is 5.91 Å². The summed E-state index contributed by atoms with van der Waals surface area (Å²) in [5.74, 6) is 1.72. The standard InChI is InChI=1S/C8H11N3OS2/c1-5-2-9-8(14-5)11-7(12)6-3-13-4-10-6/h2,6,10H,3-4H2,1H3,(H,9,11,12)/t6-/m0/s1. The van der Waals surface area contributed by atoms with Crippen molar-refractivity contribution in [2.75, 3.05) is 16.9 Å². The van der Waals surface area contributed by atoms with Crippen molar-refractivity contribution in [3.63, 3.8) is 0 Å². The van der Waals surface area contributed by atoms with Gasteiger partial charge in [-0.2, -0.15) is 0 Å². The third-order valence-electron chi connectivity index (χ3n) is 1.88. The van der Waals surface area contributed by atoms with Gasteiger partial charge in [-0.15, -0.1) is 23.1 Å². The number of aromatic nitrogens is 1. The highest BCUT2D eigenvalue weighted by Crippen LogP contribution is 2.18. The lowest BCUT2D eigenvalue weighted by Gasteiger charge is -2.07. The van der Waals surface area contributed by atoms with Crippen LogP contribution < -0.4 is 10.6 Å². The zero-order chi connectivity index (χ0) is 9.97. The van der Waals surface area contributed by atoms with E-state index in [9.17, 15) is 4.79 Å². The predicted octanol–water partition coefficient (Wildman–Crippen LogP) is 1.05. The lowest BCUT2D eigenvalue weighted by molar-refractivity contribution is -0.117. The lowest BCUT2D eigenvalue weighted by atomic mass is 10.3. The zero-order valence-electron chi connectivity index (χ0n) is 7.74. The Hall–Kier alpha value is -0.590. The monoisotopic (exact) mass is 229 g/mol. The van der Waals surface area contributed by atoms with Crippen LogP contribution in [-0.4, -0.2) is 28.6 Å². The van der Waals surface area contributed by atoms with Gasteiger partial charge >= 0.3 is 0 Å². The number of nitrogens with zero attached hydrogens (tertiary/aromatic N) is 1. The molecule has 2 heterocycles. The summed E-state index contributed by atoms with van der Waals surface area (Å²) in [5.41, 5.74) is 0. The molecular formula is C8H11N3OS2. The summed E-state index contributed by atoms with van der Waals surface area (Å²) in [6.45, 7) is 1.97. The van der Waals surface area contributed by atoms with E-state index in [0.717, 1.165) is 16.5 Å². The molecule has 0 unspecified atom stereocenters. The van der Waals surface area contributed by atoms with Gasteiger partial charge in [0.05, 0.1) is 6.04 Å². The van der Waals surface area contributed by atoms with Gasteiger partial charge in [-0.25, -0.2) is 4.98 Å². The highest BCUT2D eigenvalue weighted by molar-refractivity contribution is 7.99. The number of hydrogen-bond acceptors (Lipinski definition) is 5. The van der Waals surface area contributed by atoms with E-state index in [0.29, 0.717) is 5.13 Å². The number of anilines is 1. The number of thiazole rings is 1. The maximum absolute atomic E-state index is 11.6. The summed E-state index contributed by atoms with van der Waals surface area (Å²) < 4.78 is 0. The van der Waals surface area contributed by atoms with Crippen molar-refractivity contribution in [2.45, 2.75) is 13.0 Å². The van der Waals surface area contributed by atoms with Crippen molar-refractivity contribution in [3.8, 4) is 0 Å². The van der Waals surface area contributed by atoms with Gasteiger partial charge in [0.25, 0.3) is 0 Å². The fraction of sp³-hybridized carbons (Fsp3) is 0.500. The van der Waals surface area contributed by atoms with Crippen LogP contribution >= 0.6 is 23.1 Å². The van der Waals surface area contributed by atoms with Gasteiger partial charge in [0.15, 0.2) is 5.13 Å². The zero-order valence-corrected chi connectivity index (χ0v) is 9.37. The minimum atomic E-state index is -0.0655. The van der Waals surface area contributed by atoms with E-state index < -0.39 is 0 Å². The largest absolute Gasteiger partial charge is 0.301 e. The summed E-state index contributed by atoms with van der Waals surface area (Å²) in [6, 6.07) is -0.0655. The molecule has 0 spiro atoms. The first-order chi connectivity index (χ1) is 6.75. The number of carbonyl (C=O) groups excluding carboxylic acids is 1. The molecule has 1 amide bonds. The molecular weight excluding hydrogens is 218 g/mol. The average molecular weight is 229 g/mol. The van der Waals surface area contributed by atoms with Crippen LogP contribution in [0.2, 0.25) is 0 Å². The molecule has 1 fully saturated rings. The molecule has 1 aromatic heterocycles. The topological polar surface area (TPSA) is 54.0 Å². The van der Waals surface area contributed by atoms with Gasteiger partial charge < -0.3 is 5.32 Å². The highest BCUT2D eigenvalue weighted by Gasteiger charge is 2.22.